The van der Waals surface area contributed by atoms with Crippen LogP contribution in [0.5, 0.6) is 5.75 Å². The molecule has 18 heavy (non-hydrogen) atoms. The van der Waals surface area contributed by atoms with Gasteiger partial charge in [-0.1, -0.05) is 24.6 Å². The smallest absolute Gasteiger partial charge is 0.346 e. The molecule has 1 aromatic carbocycles. The molecular weight excluding hydrogens is 254 g/mol. The fourth-order valence-electron chi connectivity index (χ4n) is 1.62. The van der Waals surface area contributed by atoms with Gasteiger partial charge < -0.3 is 9.84 Å². The number of aliphatic carboxylic acids is 1. The third-order valence-electron chi connectivity index (χ3n) is 2.48. The fourth-order valence-corrected chi connectivity index (χ4v) is 1.88. The molecule has 0 radical (unpaired) electrons. The molecule has 1 N–H and O–H groups in total. The number of rotatable bonds is 4. The van der Waals surface area contributed by atoms with Crippen LogP contribution in [0.1, 0.15) is 18.9 Å². The van der Waals surface area contributed by atoms with Crippen LogP contribution in [0.25, 0.3) is 5.57 Å². The van der Waals surface area contributed by atoms with Crippen molar-refractivity contribution >= 4 is 23.1 Å². The lowest BCUT2D eigenvalue weighted by Crippen LogP contribution is -2.02. The summed E-state index contributed by atoms with van der Waals surface area (Å²) in [4.78, 5) is 11.0. The predicted octanol–water partition coefficient (Wildman–Crippen LogP) is 3.12. The average Bonchev–Trinajstić information content (AvgIpc) is 2.35. The number of methoxy groups -OCH3 is 1. The highest BCUT2D eigenvalue weighted by Crippen LogP contribution is 2.30. The maximum absolute atomic E-state index is 11.0. The number of benzene rings is 1. The zero-order valence-electron chi connectivity index (χ0n) is 10.0. The molecule has 0 aliphatic heterocycles. The Kier molecular flexibility index (Phi) is 4.75. The van der Waals surface area contributed by atoms with Gasteiger partial charge in [-0.05, 0) is 29.7 Å². The van der Waals surface area contributed by atoms with Gasteiger partial charge in [-0.15, -0.1) is 0 Å². The van der Waals surface area contributed by atoms with Crippen LogP contribution in [-0.2, 0) is 4.79 Å². The quantitative estimate of drug-likeness (QED) is 0.671. The largest absolute Gasteiger partial charge is 0.495 e. The standard InChI is InChI=1S/C13H12ClNO3/c1-3-9(10(7-15)13(16)17)8-4-5-12(18-2)11(14)6-8/h4-6H,3H2,1-2H3,(H,16,17). The van der Waals surface area contributed by atoms with Gasteiger partial charge in [0.25, 0.3) is 0 Å². The molecule has 0 aliphatic carbocycles. The van der Waals surface area contributed by atoms with Crippen molar-refractivity contribution in [1.29, 1.82) is 5.26 Å². The van der Waals surface area contributed by atoms with Crippen molar-refractivity contribution in [3.05, 3.63) is 34.4 Å². The molecule has 0 atom stereocenters. The molecule has 1 aromatic rings. The Morgan fingerprint density at radius 2 is 2.22 bits per heavy atom. The number of hydrogen-bond donors (Lipinski definition) is 1. The minimum Gasteiger partial charge on any atom is -0.495 e. The Hall–Kier alpha value is -1.99. The molecule has 0 spiro atoms. The lowest BCUT2D eigenvalue weighted by Gasteiger charge is -2.09. The molecule has 94 valence electrons. The first kappa shape index (κ1) is 14.1. The summed E-state index contributed by atoms with van der Waals surface area (Å²) in [7, 11) is 1.50. The summed E-state index contributed by atoms with van der Waals surface area (Å²) in [5, 5.41) is 18.2. The van der Waals surface area contributed by atoms with Crippen molar-refractivity contribution in [2.75, 3.05) is 7.11 Å². The van der Waals surface area contributed by atoms with Crippen LogP contribution in [0.4, 0.5) is 0 Å². The first-order valence-electron chi connectivity index (χ1n) is 5.25. The molecule has 0 heterocycles. The van der Waals surface area contributed by atoms with Crippen LogP contribution in [0.2, 0.25) is 5.02 Å². The summed E-state index contributed by atoms with van der Waals surface area (Å²) in [5.41, 5.74) is 0.801. The summed E-state index contributed by atoms with van der Waals surface area (Å²) in [6.45, 7) is 1.79. The van der Waals surface area contributed by atoms with E-state index in [0.717, 1.165) is 0 Å². The Morgan fingerprint density at radius 1 is 1.56 bits per heavy atom. The molecule has 0 fully saturated rings. The van der Waals surface area contributed by atoms with Crippen molar-refractivity contribution in [2.24, 2.45) is 0 Å². The minimum atomic E-state index is -1.23. The molecule has 0 unspecified atom stereocenters. The van der Waals surface area contributed by atoms with Crippen LogP contribution in [0.15, 0.2) is 23.8 Å². The number of nitriles is 1. The van der Waals surface area contributed by atoms with Crippen LogP contribution in [0, 0.1) is 11.3 Å². The lowest BCUT2D eigenvalue weighted by atomic mass is 9.98. The Labute approximate surface area is 110 Å². The van der Waals surface area contributed by atoms with E-state index >= 15 is 0 Å². The number of halogens is 1. The van der Waals surface area contributed by atoms with E-state index in [1.54, 1.807) is 31.2 Å². The van der Waals surface area contributed by atoms with Gasteiger partial charge in [-0.3, -0.25) is 0 Å². The Morgan fingerprint density at radius 3 is 2.61 bits per heavy atom. The molecule has 0 amide bonds. The topological polar surface area (TPSA) is 70.3 Å². The molecule has 0 bridgehead atoms. The molecule has 0 aliphatic rings. The molecule has 0 saturated heterocycles. The SMILES string of the molecule is CCC(=C(C#N)C(=O)O)c1ccc(OC)c(Cl)c1. The second-order valence-electron chi connectivity index (χ2n) is 3.47. The van der Waals surface area contributed by atoms with E-state index in [4.69, 9.17) is 26.7 Å². The van der Waals surface area contributed by atoms with Crippen molar-refractivity contribution in [3.63, 3.8) is 0 Å². The number of allylic oxidation sites excluding steroid dienone is 1. The van der Waals surface area contributed by atoms with E-state index in [1.165, 1.54) is 7.11 Å². The van der Waals surface area contributed by atoms with Gasteiger partial charge in [0.15, 0.2) is 0 Å². The highest BCUT2D eigenvalue weighted by molar-refractivity contribution is 6.32. The van der Waals surface area contributed by atoms with E-state index in [1.807, 2.05) is 0 Å². The maximum atomic E-state index is 11.0. The highest BCUT2D eigenvalue weighted by atomic mass is 35.5. The molecule has 0 saturated carbocycles. The van der Waals surface area contributed by atoms with Gasteiger partial charge in [0.2, 0.25) is 0 Å². The van der Waals surface area contributed by atoms with Crippen molar-refractivity contribution < 1.29 is 14.6 Å². The van der Waals surface area contributed by atoms with Crippen LogP contribution in [0.3, 0.4) is 0 Å². The zero-order valence-corrected chi connectivity index (χ0v) is 10.8. The van der Waals surface area contributed by atoms with Gasteiger partial charge >= 0.3 is 5.97 Å². The van der Waals surface area contributed by atoms with E-state index in [0.29, 0.717) is 28.3 Å². The summed E-state index contributed by atoms with van der Waals surface area (Å²) >= 11 is 5.98. The van der Waals surface area contributed by atoms with E-state index < -0.39 is 5.97 Å². The third-order valence-corrected chi connectivity index (χ3v) is 2.78. The predicted molar refractivity (Wildman–Crippen MR) is 68.5 cm³/mol. The summed E-state index contributed by atoms with van der Waals surface area (Å²) in [6, 6.07) is 6.63. The Balaban J connectivity index is 3.39. The molecule has 5 heteroatoms. The summed E-state index contributed by atoms with van der Waals surface area (Å²) in [6.07, 6.45) is 0.428. The number of carboxylic acid groups (broad SMARTS) is 1. The number of nitrogens with zero attached hydrogens (tertiary/aromatic N) is 1. The third kappa shape index (κ3) is 2.82. The first-order valence-corrected chi connectivity index (χ1v) is 5.63. The summed E-state index contributed by atoms with van der Waals surface area (Å²) < 4.78 is 5.02. The zero-order chi connectivity index (χ0) is 13.7. The molecule has 4 nitrogen and oxygen atoms in total. The second kappa shape index (κ2) is 6.08. The van der Waals surface area contributed by atoms with Crippen LogP contribution >= 0.6 is 11.6 Å². The van der Waals surface area contributed by atoms with Crippen LogP contribution in [-0.4, -0.2) is 18.2 Å². The van der Waals surface area contributed by atoms with Crippen molar-refractivity contribution in [2.45, 2.75) is 13.3 Å². The van der Waals surface area contributed by atoms with Gasteiger partial charge in [-0.2, -0.15) is 5.26 Å². The van der Waals surface area contributed by atoms with Crippen LogP contribution < -0.4 is 4.74 Å². The van der Waals surface area contributed by atoms with Crippen molar-refractivity contribution in [3.8, 4) is 11.8 Å². The normalized spacial score (nSPS) is 11.4. The molecule has 1 rings (SSSR count). The van der Waals surface area contributed by atoms with Gasteiger partial charge in [0, 0.05) is 0 Å². The first-order chi connectivity index (χ1) is 8.54. The maximum Gasteiger partial charge on any atom is 0.346 e. The molecular formula is C13H12ClNO3. The lowest BCUT2D eigenvalue weighted by molar-refractivity contribution is -0.132. The molecule has 0 aromatic heterocycles. The van der Waals surface area contributed by atoms with Crippen molar-refractivity contribution in [1.82, 2.24) is 0 Å². The number of carboxylic acids is 1. The Bertz CT molecular complexity index is 544. The monoisotopic (exact) mass is 265 g/mol. The fraction of sp³-hybridized carbons (Fsp3) is 0.231. The van der Waals surface area contributed by atoms with E-state index in [-0.39, 0.29) is 5.57 Å². The van der Waals surface area contributed by atoms with E-state index in [9.17, 15) is 4.79 Å². The number of hydrogen-bond acceptors (Lipinski definition) is 3. The minimum absolute atomic E-state index is 0.265. The number of ether oxygens (including phenoxy) is 1. The number of carbonyl (C=O) groups is 1. The van der Waals surface area contributed by atoms with Gasteiger partial charge in [0.1, 0.15) is 17.4 Å². The van der Waals surface area contributed by atoms with E-state index in [2.05, 4.69) is 0 Å². The highest BCUT2D eigenvalue weighted by Gasteiger charge is 2.15. The van der Waals surface area contributed by atoms with Gasteiger partial charge in [0.05, 0.1) is 12.1 Å². The van der Waals surface area contributed by atoms with Gasteiger partial charge in [-0.25, -0.2) is 4.79 Å². The summed E-state index contributed by atoms with van der Waals surface area (Å²) in [5.74, 6) is -0.731. The second-order valence-corrected chi connectivity index (χ2v) is 3.88. The average molecular weight is 266 g/mol.